The monoisotopic (exact) mass is 476 g/mol. The Kier molecular flexibility index (Phi) is 7.33. The summed E-state index contributed by atoms with van der Waals surface area (Å²) in [6, 6.07) is 27.3. The molecular weight excluding hydrogens is 447 g/mol. The molecule has 0 atom stereocenters. The first kappa shape index (κ1) is 23.7. The minimum atomic E-state index is -0.408. The Morgan fingerprint density at radius 1 is 0.750 bits per heavy atom. The first-order chi connectivity index (χ1) is 17.7. The molecule has 0 aromatic heterocycles. The molecule has 0 spiro atoms. The third-order valence-corrected chi connectivity index (χ3v) is 6.39. The average Bonchev–Trinajstić information content (AvgIpc) is 3.27. The van der Waals surface area contributed by atoms with Crippen molar-refractivity contribution >= 4 is 0 Å². The molecule has 36 heavy (non-hydrogen) atoms. The highest BCUT2D eigenvalue weighted by Gasteiger charge is 2.19. The van der Waals surface area contributed by atoms with Crippen molar-refractivity contribution < 1.29 is 13.9 Å². The molecular formula is C33H29FO2. The zero-order chi connectivity index (χ0) is 24.7. The molecule has 4 aromatic rings. The third kappa shape index (κ3) is 5.61. The average molecular weight is 477 g/mol. The summed E-state index contributed by atoms with van der Waals surface area (Å²) in [5, 5.41) is 0. The van der Waals surface area contributed by atoms with Crippen molar-refractivity contribution in [2.24, 2.45) is 0 Å². The molecule has 0 saturated heterocycles. The zero-order valence-electron chi connectivity index (χ0n) is 20.5. The summed E-state index contributed by atoms with van der Waals surface area (Å²) in [5.74, 6) is 7.05. The van der Waals surface area contributed by atoms with Crippen LogP contribution in [-0.4, -0.2) is 6.61 Å². The Morgan fingerprint density at radius 2 is 1.47 bits per heavy atom. The van der Waals surface area contributed by atoms with Gasteiger partial charge in [0.1, 0.15) is 12.4 Å². The quantitative estimate of drug-likeness (QED) is 0.167. The minimum Gasteiger partial charge on any atom is -0.494 e. The van der Waals surface area contributed by atoms with Gasteiger partial charge in [0.25, 0.3) is 0 Å². The van der Waals surface area contributed by atoms with Crippen molar-refractivity contribution in [1.82, 2.24) is 0 Å². The van der Waals surface area contributed by atoms with Crippen LogP contribution < -0.4 is 9.47 Å². The highest BCUT2D eigenvalue weighted by molar-refractivity contribution is 5.78. The number of fused-ring (bicyclic) bond motifs is 3. The van der Waals surface area contributed by atoms with Crippen molar-refractivity contribution in [3.63, 3.8) is 0 Å². The Morgan fingerprint density at radius 3 is 2.25 bits per heavy atom. The molecule has 0 fully saturated rings. The summed E-state index contributed by atoms with van der Waals surface area (Å²) in [5.41, 5.74) is 7.59. The first-order valence-electron chi connectivity index (χ1n) is 12.6. The molecule has 0 N–H and O–H groups in total. The molecule has 0 radical (unpaired) electrons. The van der Waals surface area contributed by atoms with Crippen molar-refractivity contribution in [1.29, 1.82) is 0 Å². The van der Waals surface area contributed by atoms with E-state index < -0.39 is 5.82 Å². The van der Waals surface area contributed by atoms with Crippen LogP contribution in [0, 0.1) is 17.7 Å². The molecule has 180 valence electrons. The smallest absolute Gasteiger partial charge is 0.166 e. The maximum atomic E-state index is 14.6. The van der Waals surface area contributed by atoms with Crippen molar-refractivity contribution in [2.45, 2.75) is 39.2 Å². The molecule has 1 aliphatic rings. The van der Waals surface area contributed by atoms with Gasteiger partial charge in [-0.3, -0.25) is 0 Å². The van der Waals surface area contributed by atoms with Crippen LogP contribution in [0.25, 0.3) is 11.1 Å². The Bertz CT molecular complexity index is 1410. The van der Waals surface area contributed by atoms with E-state index in [9.17, 15) is 4.39 Å². The highest BCUT2D eigenvalue weighted by atomic mass is 19.1. The molecule has 0 bridgehead atoms. The summed E-state index contributed by atoms with van der Waals surface area (Å²) < 4.78 is 26.1. The fourth-order valence-electron chi connectivity index (χ4n) is 4.47. The lowest BCUT2D eigenvalue weighted by molar-refractivity contribution is 0.290. The van der Waals surface area contributed by atoms with Crippen molar-refractivity contribution in [3.8, 4) is 34.5 Å². The van der Waals surface area contributed by atoms with Crippen LogP contribution in [0.3, 0.4) is 0 Å². The largest absolute Gasteiger partial charge is 0.494 e. The lowest BCUT2D eigenvalue weighted by Crippen LogP contribution is -1.97. The summed E-state index contributed by atoms with van der Waals surface area (Å²) in [6.45, 7) is 3.29. The normalized spacial score (nSPS) is 11.3. The number of hydrogen-bond donors (Lipinski definition) is 0. The number of hydrogen-bond acceptors (Lipinski definition) is 2. The van der Waals surface area contributed by atoms with E-state index in [4.69, 9.17) is 9.47 Å². The Labute approximate surface area is 212 Å². The molecule has 0 amide bonds. The summed E-state index contributed by atoms with van der Waals surface area (Å²) in [6.07, 6.45) is 4.34. The number of unbranched alkanes of at least 4 members (excludes halogenated alkanes) is 2. The van der Waals surface area contributed by atoms with E-state index in [0.29, 0.717) is 12.2 Å². The van der Waals surface area contributed by atoms with Gasteiger partial charge in [-0.1, -0.05) is 74.1 Å². The number of rotatable bonds is 8. The van der Waals surface area contributed by atoms with Crippen LogP contribution in [0.15, 0.2) is 84.9 Å². The Hall–Kier alpha value is -4.03. The van der Waals surface area contributed by atoms with Crippen molar-refractivity contribution in [2.75, 3.05) is 6.61 Å². The second-order valence-electron chi connectivity index (χ2n) is 9.09. The van der Waals surface area contributed by atoms with Gasteiger partial charge in [0, 0.05) is 11.1 Å². The summed E-state index contributed by atoms with van der Waals surface area (Å²) >= 11 is 0. The lowest BCUT2D eigenvalue weighted by Gasteiger charge is -2.08. The molecule has 0 saturated carbocycles. The second kappa shape index (κ2) is 11.1. The standard InChI is InChI=1S/C33H29FO2/c1-2-3-7-18-35-29-14-16-31-28(22-29)21-27-19-24(12-15-30(27)31)10-11-25-13-17-33(32(34)20-25)36-23-26-8-5-4-6-9-26/h4-6,8-9,12-17,19-20,22H,2-3,7,18,21,23H2,1H3. The molecule has 0 unspecified atom stereocenters. The van der Waals surface area contributed by atoms with E-state index >= 15 is 0 Å². The van der Waals surface area contributed by atoms with Gasteiger partial charge in [-0.25, -0.2) is 4.39 Å². The van der Waals surface area contributed by atoms with E-state index in [-0.39, 0.29) is 5.75 Å². The lowest BCUT2D eigenvalue weighted by atomic mass is 10.0. The predicted octanol–water partition coefficient (Wildman–Crippen LogP) is 7.94. The number of halogens is 1. The fourth-order valence-corrected chi connectivity index (χ4v) is 4.47. The van der Waals surface area contributed by atoms with Crippen LogP contribution in [0.2, 0.25) is 0 Å². The maximum Gasteiger partial charge on any atom is 0.166 e. The molecule has 5 rings (SSSR count). The van der Waals surface area contributed by atoms with Gasteiger partial charge >= 0.3 is 0 Å². The minimum absolute atomic E-state index is 0.230. The highest BCUT2D eigenvalue weighted by Crippen LogP contribution is 2.38. The van der Waals surface area contributed by atoms with Crippen LogP contribution >= 0.6 is 0 Å². The molecule has 3 heteroatoms. The van der Waals surface area contributed by atoms with Crippen molar-refractivity contribution in [3.05, 3.63) is 119 Å². The topological polar surface area (TPSA) is 18.5 Å². The first-order valence-corrected chi connectivity index (χ1v) is 12.6. The number of benzene rings is 4. The van der Waals surface area contributed by atoms with Crippen LogP contribution in [0.1, 0.15) is 54.0 Å². The molecule has 4 aromatic carbocycles. The predicted molar refractivity (Wildman–Crippen MR) is 143 cm³/mol. The van der Waals surface area contributed by atoms with E-state index in [2.05, 4.69) is 49.1 Å². The van der Waals surface area contributed by atoms with E-state index in [1.54, 1.807) is 12.1 Å². The fraction of sp³-hybridized carbons (Fsp3) is 0.212. The zero-order valence-corrected chi connectivity index (χ0v) is 20.5. The van der Waals surface area contributed by atoms with E-state index in [1.807, 2.05) is 36.4 Å². The van der Waals surface area contributed by atoms with Gasteiger partial charge in [0.2, 0.25) is 0 Å². The SMILES string of the molecule is CCCCCOc1ccc2c(c1)Cc1cc(C#Cc3ccc(OCc4ccccc4)c(F)c3)ccc1-2. The molecule has 1 aliphatic carbocycles. The van der Waals surface area contributed by atoms with Gasteiger partial charge in [0.05, 0.1) is 6.61 Å². The van der Waals surface area contributed by atoms with Gasteiger partial charge in [-0.2, -0.15) is 0 Å². The van der Waals surface area contributed by atoms with Gasteiger partial charge < -0.3 is 9.47 Å². The third-order valence-electron chi connectivity index (χ3n) is 6.39. The van der Waals surface area contributed by atoms with Gasteiger partial charge in [0.15, 0.2) is 11.6 Å². The summed E-state index contributed by atoms with van der Waals surface area (Å²) in [7, 11) is 0. The number of ether oxygens (including phenoxy) is 2. The summed E-state index contributed by atoms with van der Waals surface area (Å²) in [4.78, 5) is 0. The molecule has 0 aliphatic heterocycles. The van der Waals surface area contributed by atoms with Gasteiger partial charge in [-0.05, 0) is 83.1 Å². The molecule has 0 heterocycles. The van der Waals surface area contributed by atoms with E-state index in [0.717, 1.165) is 36.3 Å². The van der Waals surface area contributed by atoms with Crippen LogP contribution in [-0.2, 0) is 13.0 Å². The Balaban J connectivity index is 1.24. The van der Waals surface area contributed by atoms with Crippen LogP contribution in [0.5, 0.6) is 11.5 Å². The molecule has 2 nitrogen and oxygen atoms in total. The van der Waals surface area contributed by atoms with Gasteiger partial charge in [-0.15, -0.1) is 0 Å². The second-order valence-corrected chi connectivity index (χ2v) is 9.09. The maximum absolute atomic E-state index is 14.6. The van der Waals surface area contributed by atoms with E-state index in [1.165, 1.54) is 41.2 Å². The van der Waals surface area contributed by atoms with Crippen LogP contribution in [0.4, 0.5) is 4.39 Å².